The number of amides is 1. The maximum atomic E-state index is 12.9. The van der Waals surface area contributed by atoms with Gasteiger partial charge >= 0.3 is 0 Å². The molecule has 9 heteroatoms. The van der Waals surface area contributed by atoms with Gasteiger partial charge in [-0.3, -0.25) is 14.9 Å². The van der Waals surface area contributed by atoms with E-state index in [1.165, 1.54) is 38.5 Å². The summed E-state index contributed by atoms with van der Waals surface area (Å²) >= 11 is 0. The van der Waals surface area contributed by atoms with Crippen molar-refractivity contribution >= 4 is 34.1 Å². The molecule has 0 saturated carbocycles. The van der Waals surface area contributed by atoms with Crippen LogP contribution in [0.2, 0.25) is 0 Å². The van der Waals surface area contributed by atoms with Gasteiger partial charge in [0.15, 0.2) is 11.5 Å². The van der Waals surface area contributed by atoms with Crippen molar-refractivity contribution in [2.75, 3.05) is 19.5 Å². The van der Waals surface area contributed by atoms with E-state index in [1.807, 2.05) is 48.5 Å². The lowest BCUT2D eigenvalue weighted by atomic mass is 10.1. The van der Waals surface area contributed by atoms with Crippen LogP contribution in [0, 0.1) is 21.4 Å². The maximum absolute atomic E-state index is 12.9. The number of para-hydroxylation sites is 1. The number of carbonyl (C=O) groups excluding carboxylic acids is 1. The van der Waals surface area contributed by atoms with Crippen LogP contribution in [-0.4, -0.2) is 25.1 Å². The molecule has 0 aromatic heterocycles. The van der Waals surface area contributed by atoms with Crippen LogP contribution in [0.4, 0.5) is 11.4 Å². The molecule has 190 valence electrons. The van der Waals surface area contributed by atoms with Crippen LogP contribution >= 0.6 is 0 Å². The molecule has 0 heterocycles. The largest absolute Gasteiger partial charge is 0.496 e. The third-order valence-corrected chi connectivity index (χ3v) is 5.80. The van der Waals surface area contributed by atoms with Crippen molar-refractivity contribution in [3.63, 3.8) is 0 Å². The van der Waals surface area contributed by atoms with E-state index in [9.17, 15) is 20.2 Å². The van der Waals surface area contributed by atoms with Gasteiger partial charge in [-0.15, -0.1) is 0 Å². The van der Waals surface area contributed by atoms with Gasteiger partial charge in [-0.25, -0.2) is 0 Å². The van der Waals surface area contributed by atoms with Gasteiger partial charge in [0.25, 0.3) is 11.6 Å². The molecule has 0 bridgehead atoms. The minimum atomic E-state index is -0.816. The first-order valence-corrected chi connectivity index (χ1v) is 11.5. The van der Waals surface area contributed by atoms with Crippen LogP contribution < -0.4 is 19.5 Å². The highest BCUT2D eigenvalue weighted by Gasteiger charge is 2.20. The normalized spacial score (nSPS) is 10.9. The number of ether oxygens (including phenoxy) is 3. The summed E-state index contributed by atoms with van der Waals surface area (Å²) in [6.07, 6.45) is 1.35. The molecule has 4 aromatic carbocycles. The molecule has 0 fully saturated rings. The Morgan fingerprint density at radius 3 is 2.53 bits per heavy atom. The number of nitriles is 1. The Morgan fingerprint density at radius 1 is 1.03 bits per heavy atom. The third-order valence-electron chi connectivity index (χ3n) is 5.80. The number of nitrogens with one attached hydrogen (secondary N) is 1. The maximum Gasteiger partial charge on any atom is 0.296 e. The molecule has 0 radical (unpaired) electrons. The van der Waals surface area contributed by atoms with Gasteiger partial charge in [0.1, 0.15) is 29.7 Å². The molecule has 1 amide bonds. The van der Waals surface area contributed by atoms with Crippen LogP contribution in [0.3, 0.4) is 0 Å². The number of hydrogen-bond acceptors (Lipinski definition) is 7. The van der Waals surface area contributed by atoms with E-state index in [-0.39, 0.29) is 29.3 Å². The van der Waals surface area contributed by atoms with Gasteiger partial charge in [-0.2, -0.15) is 5.26 Å². The average molecular weight is 510 g/mol. The molecule has 0 aliphatic carbocycles. The highest BCUT2D eigenvalue weighted by atomic mass is 16.6. The van der Waals surface area contributed by atoms with Crippen molar-refractivity contribution in [3.8, 4) is 23.3 Å². The van der Waals surface area contributed by atoms with Crippen LogP contribution in [-0.2, 0) is 11.4 Å². The van der Waals surface area contributed by atoms with Crippen LogP contribution in [0.1, 0.15) is 11.1 Å². The first-order valence-electron chi connectivity index (χ1n) is 11.5. The first-order chi connectivity index (χ1) is 18.4. The number of nitro groups is 1. The smallest absolute Gasteiger partial charge is 0.296 e. The minimum Gasteiger partial charge on any atom is -0.496 e. The summed E-state index contributed by atoms with van der Waals surface area (Å²) in [6.45, 7) is 0.217. The van der Waals surface area contributed by atoms with Crippen molar-refractivity contribution in [2.24, 2.45) is 0 Å². The van der Waals surface area contributed by atoms with Crippen LogP contribution in [0.5, 0.6) is 17.2 Å². The van der Waals surface area contributed by atoms with Crippen LogP contribution in [0.15, 0.2) is 84.4 Å². The fraction of sp³-hybridized carbons (Fsp3) is 0.103. The Bertz CT molecular complexity index is 1580. The highest BCUT2D eigenvalue weighted by molar-refractivity contribution is 6.10. The topological polar surface area (TPSA) is 124 Å². The number of benzene rings is 4. The molecule has 0 aliphatic heterocycles. The van der Waals surface area contributed by atoms with E-state index in [2.05, 4.69) is 5.32 Å². The molecule has 0 unspecified atom stereocenters. The van der Waals surface area contributed by atoms with E-state index in [4.69, 9.17) is 14.2 Å². The number of nitrogens with zero attached hydrogens (tertiary/aromatic N) is 2. The molecule has 0 aliphatic rings. The van der Waals surface area contributed by atoms with Gasteiger partial charge in [-0.05, 0) is 40.6 Å². The third kappa shape index (κ3) is 5.55. The Hall–Kier alpha value is -5.36. The summed E-state index contributed by atoms with van der Waals surface area (Å²) in [5.41, 5.74) is 0.670. The number of nitro benzene ring substituents is 1. The number of anilines is 1. The Morgan fingerprint density at radius 2 is 1.79 bits per heavy atom. The summed E-state index contributed by atoms with van der Waals surface area (Å²) in [5.74, 6) is 0.208. The van der Waals surface area contributed by atoms with Gasteiger partial charge in [0, 0.05) is 5.56 Å². The molecule has 4 rings (SSSR count). The SMILES string of the molecule is COc1ccc(NC(=O)/C(C#N)=C/c2cccc(OC)c2OCc2cccc3ccccc23)c([N+](=O)[O-])c1. The lowest BCUT2D eigenvalue weighted by Crippen LogP contribution is -2.14. The lowest BCUT2D eigenvalue weighted by Gasteiger charge is -2.15. The van der Waals surface area contributed by atoms with Gasteiger partial charge < -0.3 is 19.5 Å². The van der Waals surface area contributed by atoms with E-state index in [1.54, 1.807) is 18.2 Å². The molecular formula is C29H23N3O6. The molecule has 0 saturated heterocycles. The Kier molecular flexibility index (Phi) is 7.84. The fourth-order valence-electron chi connectivity index (χ4n) is 3.92. The molecule has 0 atom stereocenters. The van der Waals surface area contributed by atoms with Crippen molar-refractivity contribution in [1.29, 1.82) is 5.26 Å². The van der Waals surface area contributed by atoms with E-state index >= 15 is 0 Å². The first kappa shape index (κ1) is 25.7. The zero-order valence-corrected chi connectivity index (χ0v) is 20.6. The molecular weight excluding hydrogens is 486 g/mol. The van der Waals surface area contributed by atoms with Gasteiger partial charge in [-0.1, -0.05) is 54.6 Å². The van der Waals surface area contributed by atoms with E-state index in [0.29, 0.717) is 17.1 Å². The monoisotopic (exact) mass is 509 g/mol. The number of hydrogen-bond donors (Lipinski definition) is 1. The quantitative estimate of drug-likeness (QED) is 0.129. The summed E-state index contributed by atoms with van der Waals surface area (Å²) in [6, 6.07) is 24.8. The van der Waals surface area contributed by atoms with Crippen molar-refractivity contribution in [2.45, 2.75) is 6.61 Å². The molecule has 38 heavy (non-hydrogen) atoms. The molecule has 0 spiro atoms. The molecule has 9 nitrogen and oxygen atoms in total. The second kappa shape index (κ2) is 11.6. The molecule has 4 aromatic rings. The summed E-state index contributed by atoms with van der Waals surface area (Å²) in [4.78, 5) is 23.8. The second-order valence-electron chi connectivity index (χ2n) is 8.07. The summed E-state index contributed by atoms with van der Waals surface area (Å²) in [5, 5.41) is 25.8. The van der Waals surface area contributed by atoms with Crippen LogP contribution in [0.25, 0.3) is 16.8 Å². The van der Waals surface area contributed by atoms with E-state index < -0.39 is 10.8 Å². The zero-order valence-electron chi connectivity index (χ0n) is 20.6. The number of carbonyl (C=O) groups is 1. The summed E-state index contributed by atoms with van der Waals surface area (Å²) < 4.78 is 16.7. The standard InChI is InChI=1S/C29H23N3O6/c1-36-23-13-14-25(26(16-23)32(34)35)31-29(33)22(17-30)15-20-9-6-12-27(37-2)28(20)38-18-21-10-5-8-19-7-3-4-11-24(19)21/h3-16H,18H2,1-2H3,(H,31,33)/b22-15+. The Balaban J connectivity index is 1.64. The zero-order chi connectivity index (χ0) is 27.1. The highest BCUT2D eigenvalue weighted by Crippen LogP contribution is 2.34. The predicted molar refractivity (Wildman–Crippen MR) is 143 cm³/mol. The predicted octanol–water partition coefficient (Wildman–Crippen LogP) is 5.89. The second-order valence-corrected chi connectivity index (χ2v) is 8.07. The number of fused-ring (bicyclic) bond motifs is 1. The van der Waals surface area contributed by atoms with Gasteiger partial charge in [0.2, 0.25) is 0 Å². The Labute approximate surface area is 218 Å². The van der Waals surface area contributed by atoms with E-state index in [0.717, 1.165) is 16.3 Å². The van der Waals surface area contributed by atoms with Gasteiger partial charge in [0.05, 0.1) is 25.2 Å². The minimum absolute atomic E-state index is 0.0694. The lowest BCUT2D eigenvalue weighted by molar-refractivity contribution is -0.384. The average Bonchev–Trinajstić information content (AvgIpc) is 2.94. The van der Waals surface area contributed by atoms with Crippen molar-refractivity contribution in [3.05, 3.63) is 106 Å². The summed E-state index contributed by atoms with van der Waals surface area (Å²) in [7, 11) is 2.87. The molecule has 1 N–H and O–H groups in total. The number of rotatable bonds is 9. The van der Waals surface area contributed by atoms with Crippen molar-refractivity contribution < 1.29 is 23.9 Å². The number of methoxy groups -OCH3 is 2. The van der Waals surface area contributed by atoms with Crippen molar-refractivity contribution in [1.82, 2.24) is 0 Å². The fourth-order valence-corrected chi connectivity index (χ4v) is 3.92.